The second-order valence-corrected chi connectivity index (χ2v) is 4.47. The monoisotopic (exact) mass is 257 g/mol. The molecule has 0 bridgehead atoms. The van der Waals surface area contributed by atoms with Crippen molar-refractivity contribution in [1.29, 1.82) is 0 Å². The lowest BCUT2D eigenvalue weighted by molar-refractivity contribution is -0.374. The Balaban J connectivity index is 2.48. The Hall–Kier alpha value is -2.43. The minimum absolute atomic E-state index is 0.0722. The SMILES string of the molecule is CC(C)n1cncc1C=C(c1ccccc1)[N+](=O)[O-]. The van der Waals surface area contributed by atoms with Crippen LogP contribution < -0.4 is 0 Å². The smallest absolute Gasteiger partial charge is 0.278 e. The summed E-state index contributed by atoms with van der Waals surface area (Å²) in [6.07, 6.45) is 4.87. The highest BCUT2D eigenvalue weighted by Gasteiger charge is 2.15. The molecule has 5 nitrogen and oxygen atoms in total. The predicted molar refractivity (Wildman–Crippen MR) is 73.9 cm³/mol. The van der Waals surface area contributed by atoms with Crippen LogP contribution in [0, 0.1) is 10.1 Å². The van der Waals surface area contributed by atoms with E-state index in [1.54, 1.807) is 42.9 Å². The maximum absolute atomic E-state index is 11.2. The van der Waals surface area contributed by atoms with Crippen LogP contribution >= 0.6 is 0 Å². The molecule has 0 spiro atoms. The van der Waals surface area contributed by atoms with Crippen molar-refractivity contribution in [3.05, 3.63) is 64.2 Å². The van der Waals surface area contributed by atoms with Gasteiger partial charge in [0.25, 0.3) is 5.70 Å². The number of hydrogen-bond donors (Lipinski definition) is 0. The molecular weight excluding hydrogens is 242 g/mol. The lowest BCUT2D eigenvalue weighted by Gasteiger charge is -2.08. The van der Waals surface area contributed by atoms with Gasteiger partial charge in [0.1, 0.15) is 0 Å². The van der Waals surface area contributed by atoms with Gasteiger partial charge in [-0.1, -0.05) is 18.2 Å². The first-order valence-corrected chi connectivity index (χ1v) is 6.03. The summed E-state index contributed by atoms with van der Waals surface area (Å²) in [5.41, 5.74) is 1.39. The van der Waals surface area contributed by atoms with Gasteiger partial charge in [-0.25, -0.2) is 4.98 Å². The molecule has 2 aromatic rings. The molecule has 0 atom stereocenters. The Labute approximate surface area is 111 Å². The molecule has 98 valence electrons. The summed E-state index contributed by atoms with van der Waals surface area (Å²) in [6, 6.07) is 9.06. The summed E-state index contributed by atoms with van der Waals surface area (Å²) in [5.74, 6) is 0. The third kappa shape index (κ3) is 2.88. The molecular formula is C14H15N3O2. The molecule has 19 heavy (non-hydrogen) atoms. The zero-order valence-electron chi connectivity index (χ0n) is 10.9. The molecule has 0 fully saturated rings. The van der Waals surface area contributed by atoms with Crippen LogP contribution in [-0.4, -0.2) is 14.5 Å². The van der Waals surface area contributed by atoms with Gasteiger partial charge in [-0.3, -0.25) is 10.1 Å². The molecule has 0 radical (unpaired) electrons. The number of rotatable bonds is 4. The third-order valence-corrected chi connectivity index (χ3v) is 2.80. The van der Waals surface area contributed by atoms with E-state index >= 15 is 0 Å². The summed E-state index contributed by atoms with van der Waals surface area (Å²) < 4.78 is 1.90. The largest absolute Gasteiger partial charge is 0.328 e. The summed E-state index contributed by atoms with van der Waals surface area (Å²) in [7, 11) is 0. The van der Waals surface area contributed by atoms with E-state index in [9.17, 15) is 10.1 Å². The molecule has 0 N–H and O–H groups in total. The van der Waals surface area contributed by atoms with Gasteiger partial charge in [-0.15, -0.1) is 0 Å². The van der Waals surface area contributed by atoms with E-state index in [2.05, 4.69) is 4.98 Å². The van der Waals surface area contributed by atoms with E-state index in [1.165, 1.54) is 0 Å². The Morgan fingerprint density at radius 3 is 2.63 bits per heavy atom. The molecule has 0 unspecified atom stereocenters. The Morgan fingerprint density at radius 2 is 2.05 bits per heavy atom. The minimum atomic E-state index is -0.368. The van der Waals surface area contributed by atoms with Gasteiger partial charge in [0, 0.05) is 12.1 Å². The van der Waals surface area contributed by atoms with E-state index in [1.807, 2.05) is 24.5 Å². The van der Waals surface area contributed by atoms with Crippen LogP contribution in [0.15, 0.2) is 42.9 Å². The number of nitro groups is 1. The number of nitrogens with zero attached hydrogens (tertiary/aromatic N) is 3. The van der Waals surface area contributed by atoms with Gasteiger partial charge in [0.15, 0.2) is 0 Å². The summed E-state index contributed by atoms with van der Waals surface area (Å²) >= 11 is 0. The fourth-order valence-corrected chi connectivity index (χ4v) is 1.85. The van der Waals surface area contributed by atoms with Crippen LogP contribution in [0.5, 0.6) is 0 Å². The van der Waals surface area contributed by atoms with Crippen molar-refractivity contribution in [3.8, 4) is 0 Å². The molecule has 5 heteroatoms. The van der Waals surface area contributed by atoms with Crippen molar-refractivity contribution in [2.45, 2.75) is 19.9 Å². The normalized spacial score (nSPS) is 11.8. The lowest BCUT2D eigenvalue weighted by atomic mass is 10.1. The van der Waals surface area contributed by atoms with Gasteiger partial charge in [-0.2, -0.15) is 0 Å². The van der Waals surface area contributed by atoms with Crippen molar-refractivity contribution < 1.29 is 4.92 Å². The van der Waals surface area contributed by atoms with Gasteiger partial charge in [0.2, 0.25) is 0 Å². The molecule has 2 rings (SSSR count). The van der Waals surface area contributed by atoms with E-state index in [-0.39, 0.29) is 16.7 Å². The first kappa shape index (κ1) is 13.0. The van der Waals surface area contributed by atoms with E-state index in [0.717, 1.165) is 5.69 Å². The van der Waals surface area contributed by atoms with Gasteiger partial charge < -0.3 is 4.57 Å². The second kappa shape index (κ2) is 5.48. The van der Waals surface area contributed by atoms with Crippen molar-refractivity contribution in [2.24, 2.45) is 0 Å². The van der Waals surface area contributed by atoms with Crippen LogP contribution in [0.2, 0.25) is 0 Å². The lowest BCUT2D eigenvalue weighted by Crippen LogP contribution is -2.03. The highest BCUT2D eigenvalue weighted by atomic mass is 16.6. The summed E-state index contributed by atoms with van der Waals surface area (Å²) in [4.78, 5) is 14.9. The zero-order valence-corrected chi connectivity index (χ0v) is 10.9. The van der Waals surface area contributed by atoms with E-state index in [0.29, 0.717) is 5.56 Å². The molecule has 0 aliphatic rings. The third-order valence-electron chi connectivity index (χ3n) is 2.80. The summed E-state index contributed by atoms with van der Waals surface area (Å²) in [6.45, 7) is 4.01. The fourth-order valence-electron chi connectivity index (χ4n) is 1.85. The van der Waals surface area contributed by atoms with Crippen LogP contribution in [0.4, 0.5) is 0 Å². The van der Waals surface area contributed by atoms with E-state index < -0.39 is 0 Å². The predicted octanol–water partition coefficient (Wildman–Crippen LogP) is 3.24. The van der Waals surface area contributed by atoms with Crippen molar-refractivity contribution in [3.63, 3.8) is 0 Å². The fraction of sp³-hybridized carbons (Fsp3) is 0.214. The Kier molecular flexibility index (Phi) is 3.75. The highest BCUT2D eigenvalue weighted by Crippen LogP contribution is 2.20. The molecule has 0 aliphatic carbocycles. The van der Waals surface area contributed by atoms with Crippen LogP contribution in [0.1, 0.15) is 31.1 Å². The van der Waals surface area contributed by atoms with E-state index in [4.69, 9.17) is 0 Å². The molecule has 1 heterocycles. The quantitative estimate of drug-likeness (QED) is 0.624. The van der Waals surface area contributed by atoms with Gasteiger partial charge >= 0.3 is 0 Å². The number of aromatic nitrogens is 2. The number of benzene rings is 1. The molecule has 0 saturated carbocycles. The van der Waals surface area contributed by atoms with Crippen LogP contribution in [0.3, 0.4) is 0 Å². The maximum atomic E-state index is 11.2. The molecule has 1 aromatic heterocycles. The first-order chi connectivity index (χ1) is 9.09. The van der Waals surface area contributed by atoms with Crippen molar-refractivity contribution in [2.75, 3.05) is 0 Å². The number of imidazole rings is 1. The summed E-state index contributed by atoms with van der Waals surface area (Å²) in [5, 5.41) is 11.2. The number of hydrogen-bond acceptors (Lipinski definition) is 3. The minimum Gasteiger partial charge on any atom is -0.328 e. The average Bonchev–Trinajstić information content (AvgIpc) is 2.85. The van der Waals surface area contributed by atoms with Crippen LogP contribution in [-0.2, 0) is 0 Å². The van der Waals surface area contributed by atoms with Gasteiger partial charge in [0.05, 0.1) is 28.7 Å². The van der Waals surface area contributed by atoms with Crippen LogP contribution in [0.25, 0.3) is 11.8 Å². The molecule has 0 amide bonds. The molecule has 0 saturated heterocycles. The standard InChI is InChI=1S/C14H15N3O2/c1-11(2)16-10-15-9-13(16)8-14(17(18)19)12-6-4-3-5-7-12/h3-11H,1-2H3. The Bertz CT molecular complexity index is 600. The van der Waals surface area contributed by atoms with Crippen molar-refractivity contribution in [1.82, 2.24) is 9.55 Å². The van der Waals surface area contributed by atoms with Gasteiger partial charge in [-0.05, 0) is 26.0 Å². The topological polar surface area (TPSA) is 61.0 Å². The Morgan fingerprint density at radius 1 is 1.37 bits per heavy atom. The maximum Gasteiger partial charge on any atom is 0.278 e. The second-order valence-electron chi connectivity index (χ2n) is 4.47. The molecule has 0 aliphatic heterocycles. The first-order valence-electron chi connectivity index (χ1n) is 6.03. The highest BCUT2D eigenvalue weighted by molar-refractivity contribution is 5.75. The van der Waals surface area contributed by atoms with Crippen molar-refractivity contribution >= 4 is 11.8 Å². The zero-order chi connectivity index (χ0) is 13.8. The molecule has 1 aromatic carbocycles. The average molecular weight is 257 g/mol.